The molecule has 0 radical (unpaired) electrons. The standard InChI is InChI=1S/C8H6ClF3O/c9-5-3-6(10)8(12)4(1-2-13)7(5)11/h3,13H,1-2H2. The molecule has 0 aliphatic heterocycles. The Bertz CT molecular complexity index is 301. The van der Waals surface area contributed by atoms with Gasteiger partial charge < -0.3 is 5.11 Å². The summed E-state index contributed by atoms with van der Waals surface area (Å²) in [4.78, 5) is 0. The quantitative estimate of drug-likeness (QED) is 0.743. The Labute approximate surface area is 77.8 Å². The third-order valence-corrected chi connectivity index (χ3v) is 1.84. The van der Waals surface area contributed by atoms with Crippen molar-refractivity contribution in [1.82, 2.24) is 0 Å². The number of aliphatic hydroxyl groups excluding tert-OH is 1. The van der Waals surface area contributed by atoms with E-state index in [2.05, 4.69) is 0 Å². The highest BCUT2D eigenvalue weighted by Gasteiger charge is 2.16. The monoisotopic (exact) mass is 210 g/mol. The third kappa shape index (κ3) is 1.95. The summed E-state index contributed by atoms with van der Waals surface area (Å²) in [6.45, 7) is -0.465. The van der Waals surface area contributed by atoms with E-state index in [0.29, 0.717) is 6.07 Å². The molecule has 0 heterocycles. The largest absolute Gasteiger partial charge is 0.396 e. The molecule has 1 aromatic rings. The van der Waals surface area contributed by atoms with Gasteiger partial charge in [0.2, 0.25) is 0 Å². The van der Waals surface area contributed by atoms with E-state index in [1.165, 1.54) is 0 Å². The molecule has 1 N–H and O–H groups in total. The van der Waals surface area contributed by atoms with Gasteiger partial charge in [-0.05, 0) is 6.07 Å². The Hall–Kier alpha value is -0.740. The molecule has 0 saturated heterocycles. The molecule has 0 spiro atoms. The molecule has 13 heavy (non-hydrogen) atoms. The van der Waals surface area contributed by atoms with E-state index in [1.807, 2.05) is 0 Å². The smallest absolute Gasteiger partial charge is 0.165 e. The molecular formula is C8H6ClF3O. The molecule has 0 unspecified atom stereocenters. The molecule has 0 aliphatic rings. The first-order valence-corrected chi connectivity index (χ1v) is 3.88. The second kappa shape index (κ2) is 3.98. The molecule has 1 aromatic carbocycles. The number of hydrogen-bond acceptors (Lipinski definition) is 1. The molecule has 0 aliphatic carbocycles. The highest BCUT2D eigenvalue weighted by molar-refractivity contribution is 6.30. The van der Waals surface area contributed by atoms with Crippen LogP contribution < -0.4 is 0 Å². The van der Waals surface area contributed by atoms with Crippen LogP contribution in [0.5, 0.6) is 0 Å². The van der Waals surface area contributed by atoms with Gasteiger partial charge in [0.25, 0.3) is 0 Å². The van der Waals surface area contributed by atoms with Gasteiger partial charge in [-0.3, -0.25) is 0 Å². The first-order chi connectivity index (χ1) is 6.07. The summed E-state index contributed by atoms with van der Waals surface area (Å²) in [5.74, 6) is -3.53. The predicted octanol–water partition coefficient (Wildman–Crippen LogP) is 2.29. The molecule has 5 heteroatoms. The average molecular weight is 211 g/mol. The van der Waals surface area contributed by atoms with Crippen molar-refractivity contribution < 1.29 is 18.3 Å². The molecule has 0 saturated carbocycles. The highest BCUT2D eigenvalue weighted by atomic mass is 35.5. The Kier molecular flexibility index (Phi) is 3.17. The van der Waals surface area contributed by atoms with Gasteiger partial charge in [-0.1, -0.05) is 11.6 Å². The van der Waals surface area contributed by atoms with E-state index in [-0.39, 0.29) is 6.42 Å². The number of benzene rings is 1. The van der Waals surface area contributed by atoms with Crippen LogP contribution in [0.2, 0.25) is 5.02 Å². The molecule has 0 amide bonds. The van der Waals surface area contributed by atoms with Crippen molar-refractivity contribution in [2.75, 3.05) is 6.61 Å². The van der Waals surface area contributed by atoms with E-state index < -0.39 is 34.6 Å². The molecule has 0 atom stereocenters. The fraction of sp³-hybridized carbons (Fsp3) is 0.250. The zero-order valence-corrected chi connectivity index (χ0v) is 7.21. The predicted molar refractivity (Wildman–Crippen MR) is 42.1 cm³/mol. The maximum atomic E-state index is 13.0. The molecular weight excluding hydrogens is 205 g/mol. The van der Waals surface area contributed by atoms with Crippen LogP contribution in [0, 0.1) is 17.5 Å². The van der Waals surface area contributed by atoms with Crippen molar-refractivity contribution in [2.24, 2.45) is 0 Å². The minimum Gasteiger partial charge on any atom is -0.396 e. The van der Waals surface area contributed by atoms with Crippen LogP contribution in [0.25, 0.3) is 0 Å². The molecule has 0 aromatic heterocycles. The summed E-state index contributed by atoms with van der Waals surface area (Å²) < 4.78 is 38.5. The van der Waals surface area contributed by atoms with Crippen LogP contribution in [-0.4, -0.2) is 11.7 Å². The average Bonchev–Trinajstić information content (AvgIpc) is 2.09. The van der Waals surface area contributed by atoms with Gasteiger partial charge >= 0.3 is 0 Å². The van der Waals surface area contributed by atoms with Gasteiger partial charge in [-0.2, -0.15) is 0 Å². The molecule has 0 bridgehead atoms. The van der Waals surface area contributed by atoms with Crippen LogP contribution in [-0.2, 0) is 6.42 Å². The van der Waals surface area contributed by atoms with E-state index in [4.69, 9.17) is 16.7 Å². The Morgan fingerprint density at radius 3 is 2.38 bits per heavy atom. The van der Waals surface area contributed by atoms with Crippen molar-refractivity contribution >= 4 is 11.6 Å². The van der Waals surface area contributed by atoms with Crippen LogP contribution in [0.15, 0.2) is 6.07 Å². The second-order valence-electron chi connectivity index (χ2n) is 2.42. The zero-order chi connectivity index (χ0) is 10.0. The van der Waals surface area contributed by atoms with Crippen molar-refractivity contribution in [3.8, 4) is 0 Å². The van der Waals surface area contributed by atoms with Gasteiger partial charge in [0.05, 0.1) is 5.02 Å². The van der Waals surface area contributed by atoms with Crippen molar-refractivity contribution in [2.45, 2.75) is 6.42 Å². The van der Waals surface area contributed by atoms with E-state index >= 15 is 0 Å². The number of aliphatic hydroxyl groups is 1. The van der Waals surface area contributed by atoms with Crippen LogP contribution in [0.4, 0.5) is 13.2 Å². The van der Waals surface area contributed by atoms with Crippen LogP contribution in [0.1, 0.15) is 5.56 Å². The van der Waals surface area contributed by atoms with Gasteiger partial charge in [0.1, 0.15) is 5.82 Å². The van der Waals surface area contributed by atoms with Gasteiger partial charge in [0.15, 0.2) is 11.6 Å². The Morgan fingerprint density at radius 1 is 1.23 bits per heavy atom. The molecule has 0 fully saturated rings. The lowest BCUT2D eigenvalue weighted by Gasteiger charge is -2.05. The Morgan fingerprint density at radius 2 is 1.85 bits per heavy atom. The third-order valence-electron chi connectivity index (χ3n) is 1.56. The first kappa shape index (κ1) is 10.3. The SMILES string of the molecule is OCCc1c(F)c(F)cc(Cl)c1F. The minimum absolute atomic E-state index is 0.296. The first-order valence-electron chi connectivity index (χ1n) is 3.50. The van der Waals surface area contributed by atoms with Gasteiger partial charge in [-0.15, -0.1) is 0 Å². The fourth-order valence-corrected chi connectivity index (χ4v) is 1.16. The topological polar surface area (TPSA) is 20.2 Å². The molecule has 72 valence electrons. The summed E-state index contributed by atoms with van der Waals surface area (Å²) in [6.07, 6.45) is -0.296. The maximum Gasteiger partial charge on any atom is 0.165 e. The fourth-order valence-electron chi connectivity index (χ4n) is 0.954. The highest BCUT2D eigenvalue weighted by Crippen LogP contribution is 2.23. The molecule has 1 nitrogen and oxygen atoms in total. The van der Waals surface area contributed by atoms with E-state index in [1.54, 1.807) is 0 Å². The Balaban J connectivity index is 3.28. The van der Waals surface area contributed by atoms with Gasteiger partial charge in [0, 0.05) is 18.6 Å². The number of rotatable bonds is 2. The molecule has 1 rings (SSSR count). The number of hydrogen-bond donors (Lipinski definition) is 1. The maximum absolute atomic E-state index is 13.0. The lowest BCUT2D eigenvalue weighted by molar-refractivity contribution is 0.294. The van der Waals surface area contributed by atoms with Crippen LogP contribution in [0.3, 0.4) is 0 Å². The lowest BCUT2D eigenvalue weighted by atomic mass is 10.1. The summed E-state index contributed by atoms with van der Waals surface area (Å²) in [7, 11) is 0. The lowest BCUT2D eigenvalue weighted by Crippen LogP contribution is -2.02. The van der Waals surface area contributed by atoms with Crippen molar-refractivity contribution in [1.29, 1.82) is 0 Å². The van der Waals surface area contributed by atoms with E-state index in [9.17, 15) is 13.2 Å². The normalized spacial score (nSPS) is 10.5. The summed E-state index contributed by atoms with van der Waals surface area (Å²) in [6, 6.07) is 0.563. The summed E-state index contributed by atoms with van der Waals surface area (Å²) >= 11 is 5.26. The van der Waals surface area contributed by atoms with Gasteiger partial charge in [-0.25, -0.2) is 13.2 Å². The summed E-state index contributed by atoms with van der Waals surface area (Å²) in [5.41, 5.74) is -0.521. The minimum atomic E-state index is -1.30. The second-order valence-corrected chi connectivity index (χ2v) is 2.83. The zero-order valence-electron chi connectivity index (χ0n) is 6.45. The van der Waals surface area contributed by atoms with Crippen LogP contribution >= 0.6 is 11.6 Å². The number of halogens is 4. The van der Waals surface area contributed by atoms with Crippen molar-refractivity contribution in [3.63, 3.8) is 0 Å². The van der Waals surface area contributed by atoms with E-state index in [0.717, 1.165) is 0 Å². The van der Waals surface area contributed by atoms with Crippen molar-refractivity contribution in [3.05, 3.63) is 34.1 Å². The summed E-state index contributed by atoms with van der Waals surface area (Å²) in [5, 5.41) is 7.97.